The normalized spacial score (nSPS) is 12.5. The third-order valence-corrected chi connectivity index (χ3v) is 4.33. The number of likely N-dealkylation sites (N-methyl/N-ethyl adjacent to an activating group) is 1. The number of amides is 2. The Morgan fingerprint density at radius 2 is 1.90 bits per heavy atom. The third kappa shape index (κ3) is 5.08. The number of benzene rings is 2. The van der Waals surface area contributed by atoms with Gasteiger partial charge in [-0.15, -0.1) is 0 Å². The molecular weight excluding hydrogens is 417 g/mol. The highest BCUT2D eigenvalue weighted by Gasteiger charge is 2.19. The molecule has 1 aliphatic heterocycles. The van der Waals surface area contributed by atoms with Crippen molar-refractivity contribution in [1.82, 2.24) is 4.90 Å². The van der Waals surface area contributed by atoms with Gasteiger partial charge >= 0.3 is 0 Å². The molecule has 0 saturated carbocycles. The lowest BCUT2D eigenvalue weighted by atomic mass is 10.1. The van der Waals surface area contributed by atoms with E-state index in [0.717, 1.165) is 11.0 Å². The highest BCUT2D eigenvalue weighted by atomic mass is 19.2. The summed E-state index contributed by atoms with van der Waals surface area (Å²) in [5.41, 5.74) is 0.0832. The van der Waals surface area contributed by atoms with Crippen LogP contribution < -0.4 is 19.5 Å². The van der Waals surface area contributed by atoms with Gasteiger partial charge < -0.3 is 24.4 Å². The summed E-state index contributed by atoms with van der Waals surface area (Å²) in [4.78, 5) is 25.4. The molecule has 2 aromatic carbocycles. The van der Waals surface area contributed by atoms with Crippen LogP contribution in [-0.4, -0.2) is 50.6 Å². The monoisotopic (exact) mass is 436 g/mol. The van der Waals surface area contributed by atoms with Crippen LogP contribution in [0.4, 0.5) is 18.9 Å². The average molecular weight is 436 g/mol. The summed E-state index contributed by atoms with van der Waals surface area (Å²) in [6.07, 6.45) is 2.74. The van der Waals surface area contributed by atoms with Crippen molar-refractivity contribution in [3.8, 4) is 17.2 Å². The smallest absolute Gasteiger partial charge is 0.246 e. The SMILES string of the molecule is COc1cc(/C=C/C(=O)N(C)CC(=O)Nc2ccc(F)c(F)c2F)cc2c1OCCO2. The first-order chi connectivity index (χ1) is 14.8. The van der Waals surface area contributed by atoms with E-state index in [1.165, 1.54) is 26.3 Å². The number of carbonyl (C=O) groups is 2. The van der Waals surface area contributed by atoms with Crippen molar-refractivity contribution in [3.05, 3.63) is 53.4 Å². The summed E-state index contributed by atoms with van der Waals surface area (Å²) in [5.74, 6) is -4.47. The van der Waals surface area contributed by atoms with Crippen molar-refractivity contribution in [2.24, 2.45) is 0 Å². The minimum absolute atomic E-state index is 0.388. The van der Waals surface area contributed by atoms with E-state index < -0.39 is 41.5 Å². The second-order valence-electron chi connectivity index (χ2n) is 6.55. The fourth-order valence-electron chi connectivity index (χ4n) is 2.79. The Morgan fingerprint density at radius 3 is 2.65 bits per heavy atom. The molecule has 0 unspecified atom stereocenters. The van der Waals surface area contributed by atoms with Crippen molar-refractivity contribution in [3.63, 3.8) is 0 Å². The minimum Gasteiger partial charge on any atom is -0.493 e. The number of hydrogen-bond donors (Lipinski definition) is 1. The summed E-state index contributed by atoms with van der Waals surface area (Å²) in [7, 11) is 2.84. The summed E-state index contributed by atoms with van der Waals surface area (Å²) in [5, 5.41) is 2.10. The van der Waals surface area contributed by atoms with Gasteiger partial charge in [0.25, 0.3) is 0 Å². The maximum absolute atomic E-state index is 13.7. The maximum atomic E-state index is 13.7. The van der Waals surface area contributed by atoms with E-state index >= 15 is 0 Å². The van der Waals surface area contributed by atoms with E-state index in [1.54, 1.807) is 12.1 Å². The van der Waals surface area contributed by atoms with Gasteiger partial charge in [0.1, 0.15) is 13.2 Å². The third-order valence-electron chi connectivity index (χ3n) is 4.33. The average Bonchev–Trinajstić information content (AvgIpc) is 2.77. The molecule has 1 N–H and O–H groups in total. The number of fused-ring (bicyclic) bond motifs is 1. The molecule has 0 atom stereocenters. The number of methoxy groups -OCH3 is 1. The summed E-state index contributed by atoms with van der Waals surface area (Å²) in [6, 6.07) is 4.92. The van der Waals surface area contributed by atoms with Gasteiger partial charge in [-0.2, -0.15) is 0 Å². The molecule has 0 bridgehead atoms. The summed E-state index contributed by atoms with van der Waals surface area (Å²) in [6.45, 7) is 0.350. The van der Waals surface area contributed by atoms with E-state index in [-0.39, 0.29) is 0 Å². The molecule has 2 amide bonds. The number of rotatable bonds is 6. The fraction of sp³-hybridized carbons (Fsp3) is 0.238. The zero-order valence-electron chi connectivity index (χ0n) is 16.7. The molecule has 1 heterocycles. The number of ether oxygens (including phenoxy) is 3. The molecule has 1 aliphatic rings. The Bertz CT molecular complexity index is 1020. The number of halogens is 3. The number of nitrogens with one attached hydrogen (secondary N) is 1. The van der Waals surface area contributed by atoms with E-state index in [9.17, 15) is 22.8 Å². The van der Waals surface area contributed by atoms with Crippen molar-refractivity contribution in [2.75, 3.05) is 39.2 Å². The van der Waals surface area contributed by atoms with Crippen molar-refractivity contribution in [1.29, 1.82) is 0 Å². The van der Waals surface area contributed by atoms with Crippen LogP contribution in [0.3, 0.4) is 0 Å². The Labute approximate surface area is 176 Å². The Hall–Kier alpha value is -3.69. The first kappa shape index (κ1) is 22.0. The highest BCUT2D eigenvalue weighted by Crippen LogP contribution is 2.40. The van der Waals surface area contributed by atoms with Gasteiger partial charge in [0.2, 0.25) is 17.6 Å². The van der Waals surface area contributed by atoms with E-state index in [0.29, 0.717) is 42.1 Å². The van der Waals surface area contributed by atoms with Crippen LogP contribution in [0.2, 0.25) is 0 Å². The zero-order valence-corrected chi connectivity index (χ0v) is 16.7. The molecule has 0 saturated heterocycles. The Morgan fingerprint density at radius 1 is 1.16 bits per heavy atom. The van der Waals surface area contributed by atoms with Crippen molar-refractivity contribution in [2.45, 2.75) is 0 Å². The molecule has 10 heteroatoms. The van der Waals surface area contributed by atoms with Crippen molar-refractivity contribution >= 4 is 23.6 Å². The van der Waals surface area contributed by atoms with Gasteiger partial charge in [-0.05, 0) is 35.9 Å². The molecule has 2 aromatic rings. The fourth-order valence-corrected chi connectivity index (χ4v) is 2.79. The Kier molecular flexibility index (Phi) is 6.68. The lowest BCUT2D eigenvalue weighted by molar-refractivity contribution is -0.129. The summed E-state index contributed by atoms with van der Waals surface area (Å²) < 4.78 is 56.2. The summed E-state index contributed by atoms with van der Waals surface area (Å²) >= 11 is 0. The maximum Gasteiger partial charge on any atom is 0.246 e. The highest BCUT2D eigenvalue weighted by molar-refractivity contribution is 5.98. The van der Waals surface area contributed by atoms with Crippen LogP contribution in [-0.2, 0) is 9.59 Å². The standard InChI is InChI=1S/C21H19F3N2O5/c1-26(11-17(27)25-14-5-4-13(22)19(23)20(14)24)18(28)6-3-12-9-15(29-2)21-16(10-12)30-7-8-31-21/h3-6,9-10H,7-8,11H2,1-2H3,(H,25,27)/b6-3+. The molecule has 164 valence electrons. The van der Waals surface area contributed by atoms with E-state index in [2.05, 4.69) is 5.32 Å². The lowest BCUT2D eigenvalue weighted by Crippen LogP contribution is -2.34. The van der Waals surface area contributed by atoms with Gasteiger partial charge in [0, 0.05) is 13.1 Å². The molecular formula is C21H19F3N2O5. The van der Waals surface area contributed by atoms with Crippen LogP contribution in [0.15, 0.2) is 30.3 Å². The van der Waals surface area contributed by atoms with Crippen LogP contribution in [0.1, 0.15) is 5.56 Å². The molecule has 0 spiro atoms. The second kappa shape index (κ2) is 9.41. The number of nitrogens with zero attached hydrogens (tertiary/aromatic N) is 1. The van der Waals surface area contributed by atoms with E-state index in [4.69, 9.17) is 14.2 Å². The van der Waals surface area contributed by atoms with Crippen LogP contribution >= 0.6 is 0 Å². The van der Waals surface area contributed by atoms with Gasteiger partial charge in [0.15, 0.2) is 29.0 Å². The topological polar surface area (TPSA) is 77.1 Å². The first-order valence-corrected chi connectivity index (χ1v) is 9.14. The quantitative estimate of drug-likeness (QED) is 0.557. The number of carbonyl (C=O) groups excluding carboxylic acids is 2. The molecule has 0 radical (unpaired) electrons. The number of hydrogen-bond acceptors (Lipinski definition) is 5. The van der Waals surface area contributed by atoms with Gasteiger partial charge in [-0.25, -0.2) is 13.2 Å². The second-order valence-corrected chi connectivity index (χ2v) is 6.55. The molecule has 31 heavy (non-hydrogen) atoms. The van der Waals surface area contributed by atoms with Gasteiger partial charge in [-0.1, -0.05) is 0 Å². The Balaban J connectivity index is 1.63. The molecule has 0 fully saturated rings. The molecule has 0 aliphatic carbocycles. The largest absolute Gasteiger partial charge is 0.493 e. The molecule has 0 aromatic heterocycles. The predicted molar refractivity (Wildman–Crippen MR) is 106 cm³/mol. The van der Waals surface area contributed by atoms with Crippen LogP contribution in [0.5, 0.6) is 17.2 Å². The lowest BCUT2D eigenvalue weighted by Gasteiger charge is -2.21. The van der Waals surface area contributed by atoms with Crippen LogP contribution in [0, 0.1) is 17.5 Å². The van der Waals surface area contributed by atoms with E-state index in [1.807, 2.05) is 0 Å². The number of anilines is 1. The molecule has 3 rings (SSSR count). The first-order valence-electron chi connectivity index (χ1n) is 9.14. The van der Waals surface area contributed by atoms with Gasteiger partial charge in [-0.3, -0.25) is 9.59 Å². The van der Waals surface area contributed by atoms with Gasteiger partial charge in [0.05, 0.1) is 19.3 Å². The van der Waals surface area contributed by atoms with Crippen LogP contribution in [0.25, 0.3) is 6.08 Å². The predicted octanol–water partition coefficient (Wildman–Crippen LogP) is 2.99. The zero-order chi connectivity index (χ0) is 22.5. The molecule has 7 nitrogen and oxygen atoms in total. The van der Waals surface area contributed by atoms with Crippen molar-refractivity contribution < 1.29 is 37.0 Å². The minimum atomic E-state index is -1.69.